The van der Waals surface area contributed by atoms with Crippen molar-refractivity contribution >= 4 is 17.9 Å². The number of nitrogens with two attached hydrogens (primary N) is 1. The number of oxime groups is 1. The highest BCUT2D eigenvalue weighted by Crippen LogP contribution is 2.18. The van der Waals surface area contributed by atoms with E-state index in [1.165, 1.54) is 77.0 Å². The standard InChI is InChI=1S/C23H43N3O4/c1-2-3-4-5-6-7-8-9-10-11-12-13-14-15-18-21(24)25-30-22(27)20-17-16-19-26(20)23(28)29/h20H,2-19H2,1H3,(H2,24,25)(H,28,29). The lowest BCUT2D eigenvalue weighted by atomic mass is 10.0. The number of nitrogens with zero attached hydrogens (tertiary/aromatic N) is 2. The Kier molecular flexibility index (Phi) is 14.8. The van der Waals surface area contributed by atoms with Crippen LogP contribution in [-0.4, -0.2) is 40.5 Å². The molecule has 3 N–H and O–H groups in total. The number of carbonyl (C=O) groups excluding carboxylic acids is 1. The molecule has 0 bridgehead atoms. The maximum Gasteiger partial charge on any atom is 0.408 e. The molecule has 0 saturated carbocycles. The van der Waals surface area contributed by atoms with Crippen LogP contribution in [0, 0.1) is 0 Å². The molecule has 7 heteroatoms. The first-order valence-electron chi connectivity index (χ1n) is 12.1. The van der Waals surface area contributed by atoms with Crippen LogP contribution < -0.4 is 5.73 Å². The summed E-state index contributed by atoms with van der Waals surface area (Å²) in [5.74, 6) is -0.346. The van der Waals surface area contributed by atoms with Crippen molar-refractivity contribution in [3.63, 3.8) is 0 Å². The SMILES string of the molecule is CCCCCCCCCCCCCCCCC(N)=NOC(=O)C1CCCN1C(=O)O. The van der Waals surface area contributed by atoms with Gasteiger partial charge in [-0.25, -0.2) is 9.59 Å². The third-order valence-corrected chi connectivity index (χ3v) is 5.81. The second-order valence-corrected chi connectivity index (χ2v) is 8.47. The van der Waals surface area contributed by atoms with E-state index in [4.69, 9.17) is 15.7 Å². The highest BCUT2D eigenvalue weighted by Gasteiger charge is 2.35. The van der Waals surface area contributed by atoms with Crippen molar-refractivity contribution in [2.45, 2.75) is 122 Å². The third kappa shape index (κ3) is 12.0. The van der Waals surface area contributed by atoms with Gasteiger partial charge in [0.25, 0.3) is 0 Å². The van der Waals surface area contributed by atoms with E-state index in [-0.39, 0.29) is 0 Å². The zero-order valence-corrected chi connectivity index (χ0v) is 18.9. The van der Waals surface area contributed by atoms with E-state index in [0.29, 0.717) is 31.6 Å². The van der Waals surface area contributed by atoms with Crippen LogP contribution in [0.3, 0.4) is 0 Å². The van der Waals surface area contributed by atoms with Crippen molar-refractivity contribution in [1.82, 2.24) is 4.90 Å². The Hall–Kier alpha value is -1.79. The van der Waals surface area contributed by atoms with Crippen LogP contribution in [-0.2, 0) is 9.63 Å². The molecule has 0 aromatic carbocycles. The smallest absolute Gasteiger partial charge is 0.408 e. The lowest BCUT2D eigenvalue weighted by Gasteiger charge is -2.18. The Morgan fingerprint density at radius 3 is 1.93 bits per heavy atom. The average Bonchev–Trinajstić information content (AvgIpc) is 3.22. The Bertz CT molecular complexity index is 511. The summed E-state index contributed by atoms with van der Waals surface area (Å²) in [4.78, 5) is 29.0. The molecular weight excluding hydrogens is 382 g/mol. The number of unbranched alkanes of at least 4 members (excludes halogenated alkanes) is 13. The van der Waals surface area contributed by atoms with Gasteiger partial charge in [-0.3, -0.25) is 4.90 Å². The third-order valence-electron chi connectivity index (χ3n) is 5.81. The van der Waals surface area contributed by atoms with Gasteiger partial charge in [0.15, 0.2) is 0 Å². The fourth-order valence-electron chi connectivity index (χ4n) is 3.95. The predicted octanol–water partition coefficient (Wildman–Crippen LogP) is 5.82. The molecule has 0 aromatic heterocycles. The fourth-order valence-corrected chi connectivity index (χ4v) is 3.95. The van der Waals surface area contributed by atoms with Gasteiger partial charge in [-0.15, -0.1) is 0 Å². The Balaban J connectivity index is 1.95. The maximum atomic E-state index is 12.0. The van der Waals surface area contributed by atoms with E-state index in [2.05, 4.69) is 12.1 Å². The summed E-state index contributed by atoms with van der Waals surface area (Å²) in [6, 6.07) is -0.764. The molecule has 1 rings (SSSR count). The number of hydrogen-bond donors (Lipinski definition) is 2. The van der Waals surface area contributed by atoms with Crippen molar-refractivity contribution in [2.24, 2.45) is 10.9 Å². The second kappa shape index (κ2) is 16.9. The fraction of sp³-hybridized carbons (Fsp3) is 0.870. The Labute approximate surface area is 182 Å². The molecule has 7 nitrogen and oxygen atoms in total. The minimum atomic E-state index is -1.10. The molecule has 0 aliphatic carbocycles. The van der Waals surface area contributed by atoms with E-state index >= 15 is 0 Å². The quantitative estimate of drug-likeness (QED) is 0.100. The number of amidine groups is 1. The summed E-state index contributed by atoms with van der Waals surface area (Å²) < 4.78 is 0. The number of carboxylic acid groups (broad SMARTS) is 1. The van der Waals surface area contributed by atoms with E-state index < -0.39 is 18.1 Å². The zero-order valence-electron chi connectivity index (χ0n) is 18.9. The monoisotopic (exact) mass is 425 g/mol. The van der Waals surface area contributed by atoms with Gasteiger partial charge in [-0.2, -0.15) is 0 Å². The number of hydrogen-bond acceptors (Lipinski definition) is 4. The number of likely N-dealkylation sites (tertiary alicyclic amines) is 1. The van der Waals surface area contributed by atoms with E-state index in [1.54, 1.807) is 0 Å². The van der Waals surface area contributed by atoms with E-state index in [0.717, 1.165) is 17.7 Å². The van der Waals surface area contributed by atoms with Crippen LogP contribution >= 0.6 is 0 Å². The summed E-state index contributed by atoms with van der Waals surface area (Å²) in [5, 5.41) is 12.7. The van der Waals surface area contributed by atoms with Gasteiger partial charge in [-0.05, 0) is 19.3 Å². The normalized spacial score (nSPS) is 16.8. The second-order valence-electron chi connectivity index (χ2n) is 8.47. The van der Waals surface area contributed by atoms with Gasteiger partial charge >= 0.3 is 12.1 Å². The maximum absolute atomic E-state index is 12.0. The molecule has 1 atom stereocenters. The van der Waals surface area contributed by atoms with Crippen LogP contribution in [0.5, 0.6) is 0 Å². The summed E-state index contributed by atoms with van der Waals surface area (Å²) in [5.41, 5.74) is 5.81. The van der Waals surface area contributed by atoms with Gasteiger partial charge in [0.05, 0.1) is 0 Å². The van der Waals surface area contributed by atoms with Crippen LogP contribution in [0.1, 0.15) is 116 Å². The van der Waals surface area contributed by atoms with Gasteiger partial charge in [-0.1, -0.05) is 95.6 Å². The lowest BCUT2D eigenvalue weighted by molar-refractivity contribution is -0.148. The van der Waals surface area contributed by atoms with Crippen molar-refractivity contribution in [2.75, 3.05) is 6.54 Å². The van der Waals surface area contributed by atoms with Crippen LogP contribution in [0.25, 0.3) is 0 Å². The van der Waals surface area contributed by atoms with Crippen molar-refractivity contribution in [3.05, 3.63) is 0 Å². The van der Waals surface area contributed by atoms with E-state index in [1.807, 2.05) is 0 Å². The van der Waals surface area contributed by atoms with Crippen molar-refractivity contribution < 1.29 is 19.5 Å². The number of carbonyl (C=O) groups is 2. The summed E-state index contributed by atoms with van der Waals surface area (Å²) in [6.45, 7) is 2.61. The zero-order chi connectivity index (χ0) is 22.0. The first kappa shape index (κ1) is 26.2. The highest BCUT2D eigenvalue weighted by atomic mass is 16.7. The minimum Gasteiger partial charge on any atom is -0.465 e. The molecule has 1 fully saturated rings. The van der Waals surface area contributed by atoms with Gasteiger partial charge in [0, 0.05) is 13.0 Å². The van der Waals surface area contributed by atoms with Gasteiger partial charge in [0.2, 0.25) is 0 Å². The molecule has 174 valence electrons. The Morgan fingerprint density at radius 2 is 1.43 bits per heavy atom. The molecule has 1 heterocycles. The van der Waals surface area contributed by atoms with Crippen LogP contribution in [0.4, 0.5) is 4.79 Å². The molecule has 1 saturated heterocycles. The minimum absolute atomic E-state index is 0.294. The molecule has 1 aliphatic heterocycles. The molecule has 30 heavy (non-hydrogen) atoms. The molecular formula is C23H43N3O4. The van der Waals surface area contributed by atoms with Crippen molar-refractivity contribution in [1.29, 1.82) is 0 Å². The summed E-state index contributed by atoms with van der Waals surface area (Å²) in [7, 11) is 0. The van der Waals surface area contributed by atoms with Crippen LogP contribution in [0.15, 0.2) is 5.16 Å². The highest BCUT2D eigenvalue weighted by molar-refractivity contribution is 5.83. The van der Waals surface area contributed by atoms with Gasteiger partial charge in [0.1, 0.15) is 11.9 Å². The lowest BCUT2D eigenvalue weighted by Crippen LogP contribution is -2.40. The first-order valence-corrected chi connectivity index (χ1v) is 12.1. The van der Waals surface area contributed by atoms with Crippen LogP contribution in [0.2, 0.25) is 0 Å². The summed E-state index contributed by atoms with van der Waals surface area (Å²) in [6.07, 6.45) is 18.8. The Morgan fingerprint density at radius 1 is 0.933 bits per heavy atom. The largest absolute Gasteiger partial charge is 0.465 e. The average molecular weight is 426 g/mol. The molecule has 0 aromatic rings. The van der Waals surface area contributed by atoms with Crippen molar-refractivity contribution in [3.8, 4) is 0 Å². The van der Waals surface area contributed by atoms with E-state index in [9.17, 15) is 9.59 Å². The number of amides is 1. The summed E-state index contributed by atoms with van der Waals surface area (Å²) >= 11 is 0. The predicted molar refractivity (Wildman–Crippen MR) is 120 cm³/mol. The molecule has 0 radical (unpaired) electrons. The number of rotatable bonds is 17. The molecule has 1 unspecified atom stereocenters. The molecule has 1 aliphatic rings. The molecule has 0 spiro atoms. The molecule has 1 amide bonds. The topological polar surface area (TPSA) is 105 Å². The first-order chi connectivity index (χ1) is 14.6. The van der Waals surface area contributed by atoms with Gasteiger partial charge < -0.3 is 15.7 Å².